The third-order valence-corrected chi connectivity index (χ3v) is 15.1. The van der Waals surface area contributed by atoms with Gasteiger partial charge in [-0.05, 0) is 151 Å². The van der Waals surface area contributed by atoms with Crippen LogP contribution < -0.4 is 0 Å². The predicted octanol–water partition coefficient (Wildman–Crippen LogP) is 17.2. The van der Waals surface area contributed by atoms with E-state index in [4.69, 9.17) is 4.42 Å². The van der Waals surface area contributed by atoms with E-state index in [1.165, 1.54) is 115 Å². The molecule has 0 unspecified atom stereocenters. The van der Waals surface area contributed by atoms with Crippen LogP contribution in [0.2, 0.25) is 0 Å². The molecule has 15 rings (SSSR count). The highest BCUT2D eigenvalue weighted by Gasteiger charge is 2.37. The summed E-state index contributed by atoms with van der Waals surface area (Å²) < 4.78 is 11.4. The van der Waals surface area contributed by atoms with Crippen LogP contribution >= 0.6 is 0 Å². The summed E-state index contributed by atoms with van der Waals surface area (Å²) in [5, 5.41) is 15.0. The van der Waals surface area contributed by atoms with Crippen LogP contribution in [0, 0.1) is 0 Å². The number of rotatable bonds is 3. The fourth-order valence-corrected chi connectivity index (χ4v) is 12.0. The van der Waals surface area contributed by atoms with E-state index in [2.05, 4.69) is 229 Å². The Bertz CT molecular complexity index is 4390. The molecule has 3 aromatic heterocycles. The molecule has 14 aromatic rings. The Balaban J connectivity index is 0.958. The highest BCUT2D eigenvalue weighted by atomic mass is 16.3. The fraction of sp³-hybridized carbons (Fsp3) is 0.0476. The first kappa shape index (κ1) is 36.0. The molecule has 3 heteroatoms. The molecule has 3 nitrogen and oxygen atoms in total. The van der Waals surface area contributed by atoms with Gasteiger partial charge in [-0.25, -0.2) is 0 Å². The number of para-hydroxylation sites is 3. The molecule has 11 aromatic carbocycles. The average Bonchev–Trinajstić information content (AvgIpc) is 4.07. The molecule has 0 saturated carbocycles. The van der Waals surface area contributed by atoms with E-state index in [9.17, 15) is 0 Å². The van der Waals surface area contributed by atoms with Crippen molar-refractivity contribution in [3.63, 3.8) is 0 Å². The zero-order valence-corrected chi connectivity index (χ0v) is 36.4. The molecule has 0 fully saturated rings. The highest BCUT2D eigenvalue weighted by molar-refractivity contribution is 6.26. The second-order valence-corrected chi connectivity index (χ2v) is 18.8. The van der Waals surface area contributed by atoms with E-state index in [0.29, 0.717) is 0 Å². The normalized spacial score (nSPS) is 13.4. The summed E-state index contributed by atoms with van der Waals surface area (Å²) in [4.78, 5) is 0. The van der Waals surface area contributed by atoms with Crippen LogP contribution in [-0.4, -0.2) is 9.13 Å². The summed E-state index contributed by atoms with van der Waals surface area (Å²) in [7, 11) is 0. The molecule has 0 radical (unpaired) electrons. The van der Waals surface area contributed by atoms with Crippen LogP contribution in [0.25, 0.3) is 131 Å². The molecule has 0 atom stereocenters. The fourth-order valence-electron chi connectivity index (χ4n) is 12.0. The quantitative estimate of drug-likeness (QED) is 0.163. The van der Waals surface area contributed by atoms with Gasteiger partial charge in [0.25, 0.3) is 0 Å². The third-order valence-electron chi connectivity index (χ3n) is 15.1. The highest BCUT2D eigenvalue weighted by Crippen LogP contribution is 2.53. The third kappa shape index (κ3) is 4.76. The second-order valence-electron chi connectivity index (χ2n) is 18.8. The van der Waals surface area contributed by atoms with Crippen molar-refractivity contribution in [3.8, 4) is 33.6 Å². The topological polar surface area (TPSA) is 23.0 Å². The van der Waals surface area contributed by atoms with Gasteiger partial charge < -0.3 is 13.6 Å². The minimum absolute atomic E-state index is 0.223. The summed E-state index contributed by atoms with van der Waals surface area (Å²) in [5.41, 5.74) is 16.4. The van der Waals surface area contributed by atoms with Crippen molar-refractivity contribution in [2.24, 2.45) is 0 Å². The van der Waals surface area contributed by atoms with Gasteiger partial charge in [-0.2, -0.15) is 0 Å². The van der Waals surface area contributed by atoms with Crippen LogP contribution in [-0.2, 0) is 5.41 Å². The van der Waals surface area contributed by atoms with Gasteiger partial charge >= 0.3 is 0 Å². The zero-order chi connectivity index (χ0) is 43.4. The lowest BCUT2D eigenvalue weighted by atomic mass is 9.82. The lowest BCUT2D eigenvalue weighted by molar-refractivity contribution is 0.647. The maximum atomic E-state index is 6.44. The van der Waals surface area contributed by atoms with Crippen LogP contribution in [0.1, 0.15) is 25.0 Å². The number of furan rings is 1. The van der Waals surface area contributed by atoms with Gasteiger partial charge in [0, 0.05) is 49.1 Å². The van der Waals surface area contributed by atoms with Gasteiger partial charge in [-0.15, -0.1) is 0 Å². The van der Waals surface area contributed by atoms with Crippen molar-refractivity contribution in [2.45, 2.75) is 19.3 Å². The standard InChI is InChI=1S/C63H40N2O/c1-63(2)55-35-60-53(33-49(55)50-34-54-47-21-11-13-23-61(47)66-62(54)36-56(50)63)46-20-10-12-22-57(46)65(60)40-26-29-59-52(32-40)51-31-38(25-28-58(51)64(59)39-14-4-3-5-15-39)37-24-27-45-43-18-7-6-16-41(43)42-17-8-9-19-44(42)48(45)30-37/h3-36H,1-2H3. The molecule has 308 valence electrons. The van der Waals surface area contributed by atoms with Gasteiger partial charge in [-0.1, -0.05) is 135 Å². The Morgan fingerprint density at radius 1 is 0.303 bits per heavy atom. The Morgan fingerprint density at radius 2 is 0.803 bits per heavy atom. The molecule has 0 amide bonds. The Labute approximate surface area is 380 Å². The monoisotopic (exact) mass is 840 g/mol. The van der Waals surface area contributed by atoms with Gasteiger partial charge in [0.05, 0.1) is 22.1 Å². The van der Waals surface area contributed by atoms with Crippen LogP contribution in [0.4, 0.5) is 0 Å². The zero-order valence-electron chi connectivity index (χ0n) is 36.4. The molecule has 0 saturated heterocycles. The lowest BCUT2D eigenvalue weighted by Gasteiger charge is -2.21. The molecule has 3 heterocycles. The SMILES string of the molecule is CC1(C)c2cc3oc4ccccc4c3cc2-c2cc3c4ccccc4n(-c4ccc5c(c4)c4cc(-c6ccc7c8ccccc8c8ccccc8c7c6)ccc4n5-c4ccccc4)c3cc21. The van der Waals surface area contributed by atoms with Crippen LogP contribution in [0.5, 0.6) is 0 Å². The summed E-state index contributed by atoms with van der Waals surface area (Å²) in [6.45, 7) is 4.74. The van der Waals surface area contributed by atoms with Crippen molar-refractivity contribution in [3.05, 3.63) is 217 Å². The van der Waals surface area contributed by atoms with Crippen molar-refractivity contribution < 1.29 is 4.42 Å². The van der Waals surface area contributed by atoms with Crippen molar-refractivity contribution in [1.29, 1.82) is 0 Å². The summed E-state index contributed by atoms with van der Waals surface area (Å²) in [6.07, 6.45) is 0. The number of hydrogen-bond donors (Lipinski definition) is 0. The maximum Gasteiger partial charge on any atom is 0.135 e. The number of fused-ring (bicyclic) bond motifs is 18. The molecule has 0 N–H and O–H groups in total. The first-order valence-corrected chi connectivity index (χ1v) is 23.0. The number of aromatic nitrogens is 2. The molecule has 0 aliphatic heterocycles. The van der Waals surface area contributed by atoms with Gasteiger partial charge in [0.2, 0.25) is 0 Å². The van der Waals surface area contributed by atoms with E-state index < -0.39 is 0 Å². The minimum Gasteiger partial charge on any atom is -0.456 e. The molecule has 1 aliphatic rings. The number of hydrogen-bond acceptors (Lipinski definition) is 1. The van der Waals surface area contributed by atoms with Crippen molar-refractivity contribution in [2.75, 3.05) is 0 Å². The van der Waals surface area contributed by atoms with E-state index in [1.807, 2.05) is 0 Å². The maximum absolute atomic E-state index is 6.44. The Hall–Kier alpha value is -8.40. The van der Waals surface area contributed by atoms with E-state index in [0.717, 1.165) is 27.9 Å². The Morgan fingerprint density at radius 3 is 1.55 bits per heavy atom. The molecule has 0 spiro atoms. The molecular formula is C63H40N2O. The van der Waals surface area contributed by atoms with Crippen molar-refractivity contribution in [1.82, 2.24) is 9.13 Å². The minimum atomic E-state index is -0.223. The van der Waals surface area contributed by atoms with E-state index in [1.54, 1.807) is 0 Å². The first-order valence-electron chi connectivity index (χ1n) is 23.0. The summed E-state index contributed by atoms with van der Waals surface area (Å²) >= 11 is 0. The number of nitrogens with zero attached hydrogens (tertiary/aromatic N) is 2. The first-order chi connectivity index (χ1) is 32.5. The van der Waals surface area contributed by atoms with Gasteiger partial charge in [0.1, 0.15) is 11.2 Å². The Kier molecular flexibility index (Phi) is 7.02. The smallest absolute Gasteiger partial charge is 0.135 e. The molecular weight excluding hydrogens is 801 g/mol. The van der Waals surface area contributed by atoms with E-state index >= 15 is 0 Å². The summed E-state index contributed by atoms with van der Waals surface area (Å²) in [6, 6.07) is 76.6. The van der Waals surface area contributed by atoms with Gasteiger partial charge in [-0.3, -0.25) is 0 Å². The average molecular weight is 841 g/mol. The van der Waals surface area contributed by atoms with Crippen LogP contribution in [0.15, 0.2) is 211 Å². The summed E-state index contributed by atoms with van der Waals surface area (Å²) in [5.74, 6) is 0. The van der Waals surface area contributed by atoms with Crippen LogP contribution in [0.3, 0.4) is 0 Å². The second kappa shape index (κ2) is 12.9. The van der Waals surface area contributed by atoms with E-state index in [-0.39, 0.29) is 5.41 Å². The lowest BCUT2D eigenvalue weighted by Crippen LogP contribution is -2.15. The van der Waals surface area contributed by atoms with Gasteiger partial charge in [0.15, 0.2) is 0 Å². The molecule has 0 bridgehead atoms. The molecule has 1 aliphatic carbocycles. The number of benzene rings is 11. The predicted molar refractivity (Wildman–Crippen MR) is 278 cm³/mol. The van der Waals surface area contributed by atoms with Crippen molar-refractivity contribution >= 4 is 97.9 Å². The largest absolute Gasteiger partial charge is 0.456 e. The molecule has 66 heavy (non-hydrogen) atoms.